The molecule has 0 spiro atoms. The topological polar surface area (TPSA) is 142 Å². The van der Waals surface area contributed by atoms with E-state index in [1.165, 1.54) is 22.9 Å². The zero-order valence-electron chi connectivity index (χ0n) is 18.7. The Kier molecular flexibility index (Phi) is 6.54. The highest BCUT2D eigenvalue weighted by molar-refractivity contribution is 6.04. The van der Waals surface area contributed by atoms with Crippen LogP contribution in [0, 0.1) is 10.1 Å². The van der Waals surface area contributed by atoms with Gasteiger partial charge < -0.3 is 20.6 Å². The molecule has 0 aliphatic heterocycles. The largest absolute Gasteiger partial charge is 0.457 e. The smallest absolute Gasteiger partial charge is 0.269 e. The van der Waals surface area contributed by atoms with Crippen LogP contribution < -0.4 is 15.8 Å². The van der Waals surface area contributed by atoms with E-state index in [4.69, 9.17) is 10.5 Å². The van der Waals surface area contributed by atoms with Crippen molar-refractivity contribution in [1.82, 2.24) is 9.78 Å². The van der Waals surface area contributed by atoms with Gasteiger partial charge in [-0.2, -0.15) is 5.10 Å². The zero-order chi connectivity index (χ0) is 24.9. The van der Waals surface area contributed by atoms with Gasteiger partial charge in [0.1, 0.15) is 34.9 Å². The van der Waals surface area contributed by atoms with Crippen LogP contribution in [-0.2, 0) is 11.2 Å². The molecule has 0 atom stereocenters. The van der Waals surface area contributed by atoms with Crippen molar-refractivity contribution in [3.63, 3.8) is 0 Å². The Labute approximate surface area is 200 Å². The second kappa shape index (κ2) is 9.87. The molecule has 3 aromatic carbocycles. The van der Waals surface area contributed by atoms with Crippen molar-refractivity contribution in [2.45, 2.75) is 6.42 Å². The average molecular weight is 471 g/mol. The third-order valence-corrected chi connectivity index (χ3v) is 5.28. The van der Waals surface area contributed by atoms with E-state index in [0.717, 1.165) is 0 Å². The van der Waals surface area contributed by atoms with Crippen LogP contribution in [0.2, 0.25) is 0 Å². The summed E-state index contributed by atoms with van der Waals surface area (Å²) in [7, 11) is 1.60. The highest BCUT2D eigenvalue weighted by atomic mass is 16.6. The molecule has 0 radical (unpaired) electrons. The molecular weight excluding hydrogens is 450 g/mol. The number of nitrogens with one attached hydrogen (secondary N) is 1. The van der Waals surface area contributed by atoms with Crippen molar-refractivity contribution in [2.24, 2.45) is 5.73 Å². The highest BCUT2D eigenvalue weighted by Gasteiger charge is 2.25. The lowest BCUT2D eigenvalue weighted by Gasteiger charge is -2.11. The van der Waals surface area contributed by atoms with Gasteiger partial charge in [-0.25, -0.2) is 4.68 Å². The van der Waals surface area contributed by atoms with Crippen LogP contribution in [0.25, 0.3) is 16.9 Å². The van der Waals surface area contributed by atoms with Crippen LogP contribution >= 0.6 is 0 Å². The number of ether oxygens (including phenoxy) is 1. The lowest BCUT2D eigenvalue weighted by Crippen LogP contribution is -2.14. The molecule has 35 heavy (non-hydrogen) atoms. The Morgan fingerprint density at radius 1 is 1.11 bits per heavy atom. The van der Waals surface area contributed by atoms with Gasteiger partial charge in [0.05, 0.1) is 10.6 Å². The minimum absolute atomic E-state index is 0.0766. The molecule has 176 valence electrons. The van der Waals surface area contributed by atoms with Crippen LogP contribution in [0.1, 0.15) is 15.9 Å². The van der Waals surface area contributed by atoms with Gasteiger partial charge in [-0.05, 0) is 48.0 Å². The number of primary amides is 1. The van der Waals surface area contributed by atoms with E-state index in [1.807, 2.05) is 30.3 Å². The minimum Gasteiger partial charge on any atom is -0.457 e. The first-order valence-corrected chi connectivity index (χ1v) is 10.6. The number of nitro groups is 1. The average Bonchev–Trinajstić information content (AvgIpc) is 3.25. The number of benzene rings is 3. The lowest BCUT2D eigenvalue weighted by molar-refractivity contribution is -0.384. The van der Waals surface area contributed by atoms with Gasteiger partial charge >= 0.3 is 0 Å². The fourth-order valence-corrected chi connectivity index (χ4v) is 3.71. The Morgan fingerprint density at radius 2 is 1.80 bits per heavy atom. The zero-order valence-corrected chi connectivity index (χ0v) is 18.7. The molecule has 0 saturated carbocycles. The van der Waals surface area contributed by atoms with Crippen LogP contribution in [-0.4, -0.2) is 33.9 Å². The van der Waals surface area contributed by atoms with E-state index < -0.39 is 10.8 Å². The number of nitrogens with two attached hydrogens (primary N) is 1. The predicted octanol–water partition coefficient (Wildman–Crippen LogP) is 4.12. The number of hydrogen-bond acceptors (Lipinski definition) is 7. The third-order valence-electron chi connectivity index (χ3n) is 5.28. The van der Waals surface area contributed by atoms with Crippen molar-refractivity contribution < 1.29 is 19.2 Å². The Bertz CT molecular complexity index is 1400. The maximum absolute atomic E-state index is 12.4. The number of para-hydroxylation sites is 1. The van der Waals surface area contributed by atoms with Gasteiger partial charge in [0, 0.05) is 31.2 Å². The summed E-state index contributed by atoms with van der Waals surface area (Å²) in [4.78, 5) is 34.4. The molecule has 10 heteroatoms. The van der Waals surface area contributed by atoms with E-state index in [0.29, 0.717) is 40.3 Å². The van der Waals surface area contributed by atoms with E-state index in [1.54, 1.807) is 31.3 Å². The molecule has 3 N–H and O–H groups in total. The summed E-state index contributed by atoms with van der Waals surface area (Å²) in [6, 6.07) is 20.4. The molecule has 0 bridgehead atoms. The number of anilines is 1. The van der Waals surface area contributed by atoms with E-state index >= 15 is 0 Å². The number of amides is 1. The number of hydrogen-bond donors (Lipinski definition) is 2. The van der Waals surface area contributed by atoms with E-state index in [-0.39, 0.29) is 23.5 Å². The maximum atomic E-state index is 12.4. The summed E-state index contributed by atoms with van der Waals surface area (Å²) >= 11 is 0. The number of nitrogens with zero attached hydrogens (tertiary/aromatic N) is 3. The molecule has 1 amide bonds. The maximum Gasteiger partial charge on any atom is 0.269 e. The molecule has 4 rings (SSSR count). The molecule has 0 aliphatic rings. The number of non-ortho nitro benzene ring substituents is 1. The van der Waals surface area contributed by atoms with Gasteiger partial charge in [-0.1, -0.05) is 18.2 Å². The van der Waals surface area contributed by atoms with Crippen LogP contribution in [0.5, 0.6) is 11.5 Å². The summed E-state index contributed by atoms with van der Waals surface area (Å²) in [6.07, 6.45) is 0.569. The number of carbonyl (C=O) groups is 2. The standard InChI is InChI=1S/C25H21N5O5/c1-27-25-22(24(26)32)23(16-7-10-20(11-8-16)35-19-5-3-2-4-6-19)28-29(25)21-12-9-18(30(33)34)15-17(21)13-14-31/h2-12,14-15,27H,13H2,1H3,(H2,26,32). The lowest BCUT2D eigenvalue weighted by atomic mass is 10.1. The summed E-state index contributed by atoms with van der Waals surface area (Å²) in [5.41, 5.74) is 7.39. The first kappa shape index (κ1) is 23.2. The molecule has 10 nitrogen and oxygen atoms in total. The number of rotatable bonds is 9. The number of aromatic nitrogens is 2. The van der Waals surface area contributed by atoms with E-state index in [9.17, 15) is 19.7 Å². The molecule has 4 aromatic rings. The normalized spacial score (nSPS) is 10.5. The van der Waals surface area contributed by atoms with Crippen LogP contribution in [0.3, 0.4) is 0 Å². The van der Waals surface area contributed by atoms with Crippen molar-refractivity contribution in [3.05, 3.63) is 94.0 Å². The van der Waals surface area contributed by atoms with Gasteiger partial charge in [-0.3, -0.25) is 14.9 Å². The summed E-state index contributed by atoms with van der Waals surface area (Å²) in [5, 5.41) is 18.8. The van der Waals surface area contributed by atoms with Gasteiger partial charge in [0.2, 0.25) is 0 Å². The van der Waals surface area contributed by atoms with Crippen LogP contribution in [0.4, 0.5) is 11.5 Å². The summed E-state index contributed by atoms with van der Waals surface area (Å²) < 4.78 is 7.24. The minimum atomic E-state index is -0.709. The second-order valence-corrected chi connectivity index (χ2v) is 7.48. The molecule has 1 heterocycles. The SMILES string of the molecule is CNc1c(C(N)=O)c(-c2ccc(Oc3ccccc3)cc2)nn1-c1ccc([N+](=O)[O-])cc1CC=O. The fourth-order valence-electron chi connectivity index (χ4n) is 3.71. The predicted molar refractivity (Wildman–Crippen MR) is 130 cm³/mol. The van der Waals surface area contributed by atoms with E-state index in [2.05, 4.69) is 10.4 Å². The van der Waals surface area contributed by atoms with Crippen molar-refractivity contribution in [2.75, 3.05) is 12.4 Å². The van der Waals surface area contributed by atoms with Crippen LogP contribution in [0.15, 0.2) is 72.8 Å². The van der Waals surface area contributed by atoms with Crippen molar-refractivity contribution in [1.29, 1.82) is 0 Å². The first-order valence-electron chi connectivity index (χ1n) is 10.6. The Hall–Kier alpha value is -4.99. The molecule has 1 aromatic heterocycles. The second-order valence-electron chi connectivity index (χ2n) is 7.48. The van der Waals surface area contributed by atoms with Gasteiger partial charge in [0.15, 0.2) is 0 Å². The summed E-state index contributed by atoms with van der Waals surface area (Å²) in [5.74, 6) is 0.857. The summed E-state index contributed by atoms with van der Waals surface area (Å²) in [6.45, 7) is 0. The highest BCUT2D eigenvalue weighted by Crippen LogP contribution is 2.34. The number of aldehydes is 1. The number of carbonyl (C=O) groups excluding carboxylic acids is 2. The Balaban J connectivity index is 1.80. The van der Waals surface area contributed by atoms with Crippen molar-refractivity contribution in [3.8, 4) is 28.4 Å². The molecule has 0 fully saturated rings. The van der Waals surface area contributed by atoms with Crippen molar-refractivity contribution >= 4 is 23.7 Å². The molecule has 0 saturated heterocycles. The number of nitro benzene ring substituents is 1. The van der Waals surface area contributed by atoms with Gasteiger partial charge in [-0.15, -0.1) is 0 Å². The fraction of sp³-hybridized carbons (Fsp3) is 0.0800. The monoisotopic (exact) mass is 471 g/mol. The quantitative estimate of drug-likeness (QED) is 0.212. The molecule has 0 unspecified atom stereocenters. The third kappa shape index (κ3) is 4.71. The Morgan fingerprint density at radius 3 is 2.40 bits per heavy atom. The van der Waals surface area contributed by atoms with Gasteiger partial charge in [0.25, 0.3) is 11.6 Å². The molecular formula is C25H21N5O5. The first-order chi connectivity index (χ1) is 16.9. The molecule has 0 aliphatic carbocycles.